The van der Waals surface area contributed by atoms with Crippen molar-refractivity contribution in [3.63, 3.8) is 0 Å². The molecule has 1 atom stereocenters. The summed E-state index contributed by atoms with van der Waals surface area (Å²) >= 11 is 0. The van der Waals surface area contributed by atoms with Gasteiger partial charge in [0.05, 0.1) is 0 Å². The van der Waals surface area contributed by atoms with Crippen LogP contribution in [0.2, 0.25) is 0 Å². The van der Waals surface area contributed by atoms with Crippen LogP contribution in [-0.2, 0) is 4.57 Å². The lowest BCUT2D eigenvalue weighted by molar-refractivity contribution is 0.310. The van der Waals surface area contributed by atoms with Gasteiger partial charge in [-0.3, -0.25) is 4.57 Å². The van der Waals surface area contributed by atoms with E-state index in [1.54, 1.807) is 0 Å². The van der Waals surface area contributed by atoms with E-state index in [9.17, 15) is 4.57 Å². The fourth-order valence-corrected chi connectivity index (χ4v) is 1.95. The van der Waals surface area contributed by atoms with Gasteiger partial charge in [0.2, 0.25) is 0 Å². The Bertz CT molecular complexity index is 189. The lowest BCUT2D eigenvalue weighted by atomic mass is 10.1. The van der Waals surface area contributed by atoms with E-state index in [1.165, 1.54) is 13.1 Å². The second kappa shape index (κ2) is 6.60. The number of nitrogens with zero attached hydrogens (tertiary/aromatic N) is 1. The largest absolute Gasteiger partial charge is 0.344 e. The molecule has 0 aromatic rings. The van der Waals surface area contributed by atoms with Gasteiger partial charge < -0.3 is 9.79 Å². The third-order valence-electron chi connectivity index (χ3n) is 2.20. The summed E-state index contributed by atoms with van der Waals surface area (Å²) < 4.78 is 11.0. The van der Waals surface area contributed by atoms with Crippen LogP contribution in [0.5, 0.6) is 0 Å². The average molecular weight is 221 g/mol. The first-order chi connectivity index (χ1) is 6.31. The maximum atomic E-state index is 11.0. The van der Waals surface area contributed by atoms with Crippen molar-refractivity contribution < 1.29 is 9.46 Å². The third kappa shape index (κ3) is 10.2. The number of rotatable bonds is 7. The van der Waals surface area contributed by atoms with Crippen molar-refractivity contribution in [3.05, 3.63) is 0 Å². The van der Waals surface area contributed by atoms with Crippen LogP contribution >= 0.6 is 7.37 Å². The third-order valence-corrected chi connectivity index (χ3v) is 3.35. The zero-order valence-corrected chi connectivity index (χ0v) is 10.8. The monoisotopic (exact) mass is 221 g/mol. The predicted octanol–water partition coefficient (Wildman–Crippen LogP) is 2.25. The molecule has 0 aliphatic carbocycles. The van der Waals surface area contributed by atoms with Crippen LogP contribution < -0.4 is 0 Å². The van der Waals surface area contributed by atoms with E-state index < -0.39 is 7.37 Å². The lowest BCUT2D eigenvalue weighted by Gasteiger charge is -2.17. The number of hydrogen-bond acceptors (Lipinski definition) is 2. The van der Waals surface area contributed by atoms with E-state index in [0.717, 1.165) is 25.4 Å². The van der Waals surface area contributed by atoms with Gasteiger partial charge in [0.1, 0.15) is 0 Å². The summed E-state index contributed by atoms with van der Waals surface area (Å²) in [5.74, 6) is 0.729. The van der Waals surface area contributed by atoms with Gasteiger partial charge in [0.15, 0.2) is 7.37 Å². The van der Waals surface area contributed by atoms with Crippen molar-refractivity contribution in [1.82, 2.24) is 4.90 Å². The molecule has 0 aliphatic rings. The summed E-state index contributed by atoms with van der Waals surface area (Å²) in [6.07, 6.45) is 2.46. The van der Waals surface area contributed by atoms with E-state index in [1.807, 2.05) is 0 Å². The Kier molecular flexibility index (Phi) is 6.67. The maximum absolute atomic E-state index is 11.0. The van der Waals surface area contributed by atoms with Crippen LogP contribution in [0, 0.1) is 5.92 Å². The molecular formula is C10H24NO2P. The summed E-state index contributed by atoms with van der Waals surface area (Å²) in [6, 6.07) is 0. The van der Waals surface area contributed by atoms with Gasteiger partial charge >= 0.3 is 0 Å². The molecule has 0 bridgehead atoms. The van der Waals surface area contributed by atoms with Crippen molar-refractivity contribution in [2.24, 2.45) is 5.92 Å². The standard InChI is InChI=1S/C10H24NO2P/c1-10(2)6-8-11(3)7-5-9-14(4,12)13/h10H,5-9H2,1-4H3,(H,12,13). The molecule has 0 aliphatic heterocycles. The van der Waals surface area contributed by atoms with Gasteiger partial charge in [-0.15, -0.1) is 0 Å². The maximum Gasteiger partial charge on any atom is 0.197 e. The molecule has 0 amide bonds. The zero-order chi connectivity index (χ0) is 11.2. The molecule has 0 saturated heterocycles. The van der Waals surface area contributed by atoms with Gasteiger partial charge in [0, 0.05) is 12.8 Å². The lowest BCUT2D eigenvalue weighted by Crippen LogP contribution is -2.22. The molecule has 86 valence electrons. The van der Waals surface area contributed by atoms with Crippen molar-refractivity contribution in [1.29, 1.82) is 0 Å². The summed E-state index contributed by atoms with van der Waals surface area (Å²) in [7, 11) is -0.717. The second-order valence-corrected chi connectivity index (χ2v) is 7.16. The molecular weight excluding hydrogens is 197 g/mol. The molecule has 0 radical (unpaired) electrons. The van der Waals surface area contributed by atoms with Crippen LogP contribution in [0.15, 0.2) is 0 Å². The van der Waals surface area contributed by atoms with Crippen molar-refractivity contribution in [2.45, 2.75) is 26.7 Å². The minimum absolute atomic E-state index is 0.443. The van der Waals surface area contributed by atoms with Crippen LogP contribution in [0.25, 0.3) is 0 Å². The molecule has 4 heteroatoms. The Balaban J connectivity index is 3.45. The molecule has 14 heavy (non-hydrogen) atoms. The van der Waals surface area contributed by atoms with Crippen LogP contribution in [0.4, 0.5) is 0 Å². The smallest absolute Gasteiger partial charge is 0.197 e. The molecule has 0 heterocycles. The Morgan fingerprint density at radius 2 is 1.93 bits per heavy atom. The minimum Gasteiger partial charge on any atom is -0.344 e. The van der Waals surface area contributed by atoms with Gasteiger partial charge in [0.25, 0.3) is 0 Å². The van der Waals surface area contributed by atoms with Gasteiger partial charge in [-0.05, 0) is 38.9 Å². The topological polar surface area (TPSA) is 40.5 Å². The first-order valence-corrected chi connectivity index (χ1v) is 7.58. The summed E-state index contributed by atoms with van der Waals surface area (Å²) in [5.41, 5.74) is 0. The Morgan fingerprint density at radius 1 is 1.36 bits per heavy atom. The van der Waals surface area contributed by atoms with Crippen molar-refractivity contribution in [3.8, 4) is 0 Å². The summed E-state index contributed by atoms with van der Waals surface area (Å²) in [5, 5.41) is 0. The van der Waals surface area contributed by atoms with Crippen LogP contribution in [-0.4, -0.2) is 42.8 Å². The molecule has 1 unspecified atom stereocenters. The summed E-state index contributed by atoms with van der Waals surface area (Å²) in [4.78, 5) is 11.3. The molecule has 3 nitrogen and oxygen atoms in total. The quantitative estimate of drug-likeness (QED) is 0.670. The molecule has 1 N–H and O–H groups in total. The number of hydrogen-bond donors (Lipinski definition) is 1. The predicted molar refractivity (Wildman–Crippen MR) is 62.2 cm³/mol. The second-order valence-electron chi connectivity index (χ2n) is 4.61. The Labute approximate surface area is 88.0 Å². The van der Waals surface area contributed by atoms with E-state index in [4.69, 9.17) is 4.89 Å². The highest BCUT2D eigenvalue weighted by Crippen LogP contribution is 2.35. The van der Waals surface area contributed by atoms with Gasteiger partial charge in [-0.25, -0.2) is 0 Å². The Morgan fingerprint density at radius 3 is 2.36 bits per heavy atom. The summed E-state index contributed by atoms with van der Waals surface area (Å²) in [6.45, 7) is 7.85. The van der Waals surface area contributed by atoms with Crippen LogP contribution in [0.3, 0.4) is 0 Å². The molecule has 0 aromatic heterocycles. The fraction of sp³-hybridized carbons (Fsp3) is 1.00. The highest BCUT2D eigenvalue weighted by atomic mass is 31.2. The van der Waals surface area contributed by atoms with E-state index in [2.05, 4.69) is 25.8 Å². The fourth-order valence-electron chi connectivity index (χ4n) is 1.22. The SMILES string of the molecule is CC(C)CCN(C)CCCP(C)(=O)O. The average Bonchev–Trinajstić information content (AvgIpc) is 1.98. The zero-order valence-electron chi connectivity index (χ0n) is 9.86. The van der Waals surface area contributed by atoms with Crippen molar-refractivity contribution >= 4 is 7.37 Å². The molecule has 0 aromatic carbocycles. The Hall–Kier alpha value is 0.150. The molecule has 0 spiro atoms. The van der Waals surface area contributed by atoms with Gasteiger partial charge in [-0.1, -0.05) is 13.8 Å². The molecule has 0 rings (SSSR count). The highest BCUT2D eigenvalue weighted by molar-refractivity contribution is 7.57. The van der Waals surface area contributed by atoms with E-state index in [0.29, 0.717) is 6.16 Å². The molecule has 0 fully saturated rings. The highest BCUT2D eigenvalue weighted by Gasteiger charge is 2.09. The van der Waals surface area contributed by atoms with Crippen molar-refractivity contribution in [2.75, 3.05) is 33.0 Å². The first kappa shape index (κ1) is 14.2. The van der Waals surface area contributed by atoms with E-state index >= 15 is 0 Å². The molecule has 0 saturated carbocycles. The van der Waals surface area contributed by atoms with Crippen LogP contribution in [0.1, 0.15) is 26.7 Å². The van der Waals surface area contributed by atoms with E-state index in [-0.39, 0.29) is 0 Å². The first-order valence-electron chi connectivity index (χ1n) is 5.29. The minimum atomic E-state index is -2.79. The van der Waals surface area contributed by atoms with Gasteiger partial charge in [-0.2, -0.15) is 0 Å². The normalized spacial score (nSPS) is 16.2.